The third kappa shape index (κ3) is 3.51. The number of carbonyl (C=O) groups is 4. The molecule has 4 saturated carbocycles. The predicted molar refractivity (Wildman–Crippen MR) is 139 cm³/mol. The van der Waals surface area contributed by atoms with Crippen LogP contribution < -0.4 is 0 Å². The highest BCUT2D eigenvalue weighted by Crippen LogP contribution is 2.80. The molecule has 42 heavy (non-hydrogen) atoms. The van der Waals surface area contributed by atoms with Gasteiger partial charge in [0.2, 0.25) is 0 Å². The van der Waals surface area contributed by atoms with Crippen LogP contribution in [0, 0.1) is 40.4 Å². The molecule has 6 rings (SSSR count). The summed E-state index contributed by atoms with van der Waals surface area (Å²) in [6, 6.07) is 1.63. The fraction of sp³-hybridized carbons (Fsp3) is 0.733. The molecule has 1 aromatic heterocycles. The first kappa shape index (κ1) is 29.1. The number of aliphatic hydroxyl groups is 3. The van der Waals surface area contributed by atoms with Gasteiger partial charge in [-0.25, -0.2) is 4.79 Å². The molecule has 2 heterocycles. The number of esters is 4. The third-order valence-corrected chi connectivity index (χ3v) is 11.7. The van der Waals surface area contributed by atoms with Gasteiger partial charge in [0.25, 0.3) is 0 Å². The Morgan fingerprint density at radius 1 is 1.05 bits per heavy atom. The maximum absolute atomic E-state index is 13.1. The van der Waals surface area contributed by atoms with E-state index >= 15 is 0 Å². The van der Waals surface area contributed by atoms with Crippen molar-refractivity contribution in [1.82, 2.24) is 0 Å². The first-order valence-corrected chi connectivity index (χ1v) is 14.4. The monoisotopic (exact) mass is 590 g/mol. The number of hydrogen-bond acceptors (Lipinski definition) is 12. The van der Waals surface area contributed by atoms with Crippen molar-refractivity contribution in [3.05, 3.63) is 24.2 Å². The molecule has 1 aromatic rings. The molecule has 5 aliphatic rings. The van der Waals surface area contributed by atoms with Crippen LogP contribution in [-0.2, 0) is 38.1 Å². The summed E-state index contributed by atoms with van der Waals surface area (Å²) in [5.41, 5.74) is -5.82. The van der Waals surface area contributed by atoms with E-state index in [1.807, 2.05) is 6.92 Å². The Hall–Kier alpha value is -2.96. The van der Waals surface area contributed by atoms with Gasteiger partial charge in [0, 0.05) is 60.3 Å². The highest BCUT2D eigenvalue weighted by Gasteiger charge is 2.86. The van der Waals surface area contributed by atoms with Crippen LogP contribution in [0.5, 0.6) is 0 Å². The molecule has 0 spiro atoms. The lowest BCUT2D eigenvalue weighted by Gasteiger charge is -2.71. The molecule has 230 valence electrons. The smallest absolute Gasteiger partial charge is 0.335 e. The number of cyclic esters (lactones) is 1. The van der Waals surface area contributed by atoms with Gasteiger partial charge >= 0.3 is 23.9 Å². The molecular weight excluding hydrogens is 552 g/mol. The highest BCUT2D eigenvalue weighted by atomic mass is 16.6. The van der Waals surface area contributed by atoms with E-state index in [4.69, 9.17) is 23.4 Å². The third-order valence-electron chi connectivity index (χ3n) is 11.7. The quantitative estimate of drug-likeness (QED) is 0.332. The van der Waals surface area contributed by atoms with Crippen molar-refractivity contribution in [1.29, 1.82) is 0 Å². The van der Waals surface area contributed by atoms with Gasteiger partial charge in [0.15, 0.2) is 6.10 Å². The van der Waals surface area contributed by atoms with Crippen LogP contribution in [0.15, 0.2) is 23.0 Å². The van der Waals surface area contributed by atoms with E-state index in [2.05, 4.69) is 0 Å². The minimum absolute atomic E-state index is 0.0162. The normalized spacial score (nSPS) is 47.5. The Balaban J connectivity index is 1.56. The van der Waals surface area contributed by atoms with E-state index < -0.39 is 99.9 Å². The lowest BCUT2D eigenvalue weighted by molar-refractivity contribution is -0.358. The summed E-state index contributed by atoms with van der Waals surface area (Å²) >= 11 is 0. The average Bonchev–Trinajstić information content (AvgIpc) is 3.59. The van der Waals surface area contributed by atoms with Crippen molar-refractivity contribution in [2.24, 2.45) is 40.4 Å². The summed E-state index contributed by atoms with van der Waals surface area (Å²) in [6.07, 6.45) is -1.73. The summed E-state index contributed by atoms with van der Waals surface area (Å²) in [4.78, 5) is 50.7. The highest BCUT2D eigenvalue weighted by molar-refractivity contribution is 5.75. The maximum atomic E-state index is 13.1. The topological polar surface area (TPSA) is 179 Å². The lowest BCUT2D eigenvalue weighted by Crippen LogP contribution is -2.81. The van der Waals surface area contributed by atoms with Gasteiger partial charge in [-0.3, -0.25) is 14.4 Å². The van der Waals surface area contributed by atoms with Crippen LogP contribution in [0.2, 0.25) is 0 Å². The van der Waals surface area contributed by atoms with Gasteiger partial charge < -0.3 is 38.7 Å². The van der Waals surface area contributed by atoms with E-state index in [1.165, 1.54) is 26.4 Å². The Morgan fingerprint density at radius 3 is 2.33 bits per heavy atom. The zero-order valence-corrected chi connectivity index (χ0v) is 24.3. The van der Waals surface area contributed by atoms with Crippen LogP contribution in [-0.4, -0.2) is 75.8 Å². The molecular formula is C30H38O12. The molecule has 0 radical (unpaired) electrons. The van der Waals surface area contributed by atoms with E-state index in [9.17, 15) is 34.5 Å². The molecule has 1 saturated heterocycles. The van der Waals surface area contributed by atoms with Crippen molar-refractivity contribution in [2.75, 3.05) is 7.11 Å². The van der Waals surface area contributed by atoms with Crippen LogP contribution >= 0.6 is 0 Å². The molecule has 0 amide bonds. The second-order valence-corrected chi connectivity index (χ2v) is 13.4. The largest absolute Gasteiger partial charge is 0.472 e. The minimum atomic E-state index is -2.04. The van der Waals surface area contributed by atoms with Crippen molar-refractivity contribution < 1.29 is 57.9 Å². The average molecular weight is 591 g/mol. The molecule has 2 bridgehead atoms. The van der Waals surface area contributed by atoms with E-state index in [1.54, 1.807) is 13.0 Å². The van der Waals surface area contributed by atoms with Crippen molar-refractivity contribution in [3.8, 4) is 0 Å². The van der Waals surface area contributed by atoms with Crippen LogP contribution in [0.25, 0.3) is 0 Å². The molecule has 2 unspecified atom stereocenters. The Morgan fingerprint density at radius 2 is 1.74 bits per heavy atom. The summed E-state index contributed by atoms with van der Waals surface area (Å²) in [5.74, 6) is -6.27. The number of rotatable bonds is 5. The summed E-state index contributed by atoms with van der Waals surface area (Å²) in [5, 5.41) is 37.4. The number of fused-ring (bicyclic) bond motifs is 5. The summed E-state index contributed by atoms with van der Waals surface area (Å²) in [6.45, 7) is 6.08. The second-order valence-electron chi connectivity index (χ2n) is 13.4. The number of methoxy groups -OCH3 is 1. The number of ether oxygens (including phenoxy) is 4. The zero-order chi connectivity index (χ0) is 30.6. The Kier molecular flexibility index (Phi) is 6.43. The molecule has 4 aliphatic carbocycles. The van der Waals surface area contributed by atoms with Gasteiger partial charge in [-0.1, -0.05) is 13.8 Å². The molecule has 1 aliphatic heterocycles. The second kappa shape index (κ2) is 9.27. The van der Waals surface area contributed by atoms with E-state index in [-0.39, 0.29) is 19.3 Å². The zero-order valence-electron chi connectivity index (χ0n) is 24.3. The Bertz CT molecular complexity index is 1310. The van der Waals surface area contributed by atoms with Gasteiger partial charge in [0.05, 0.1) is 31.7 Å². The minimum Gasteiger partial charge on any atom is -0.472 e. The molecule has 0 aromatic carbocycles. The lowest BCUT2D eigenvalue weighted by atomic mass is 9.37. The molecule has 5 fully saturated rings. The van der Waals surface area contributed by atoms with Crippen molar-refractivity contribution in [2.45, 2.75) is 89.0 Å². The molecule has 12 heteroatoms. The molecule has 3 N–H and O–H groups in total. The van der Waals surface area contributed by atoms with Crippen LogP contribution in [0.3, 0.4) is 0 Å². The summed E-state index contributed by atoms with van der Waals surface area (Å²) in [7, 11) is 1.15. The number of furan rings is 1. The Labute approximate surface area is 242 Å². The molecule has 12 nitrogen and oxygen atoms in total. The number of hydrogen-bond donors (Lipinski definition) is 3. The summed E-state index contributed by atoms with van der Waals surface area (Å²) < 4.78 is 27.6. The van der Waals surface area contributed by atoms with Crippen LogP contribution in [0.1, 0.15) is 65.0 Å². The fourth-order valence-electron chi connectivity index (χ4n) is 10.6. The first-order chi connectivity index (χ1) is 19.6. The fourth-order valence-corrected chi connectivity index (χ4v) is 10.6. The van der Waals surface area contributed by atoms with E-state index in [0.717, 1.165) is 7.11 Å². The molecule has 13 atom stereocenters. The number of aliphatic hydroxyl groups excluding tert-OH is 1. The van der Waals surface area contributed by atoms with Gasteiger partial charge in [-0.15, -0.1) is 0 Å². The van der Waals surface area contributed by atoms with Crippen molar-refractivity contribution >= 4 is 23.9 Å². The van der Waals surface area contributed by atoms with Crippen LogP contribution in [0.4, 0.5) is 0 Å². The predicted octanol–water partition coefficient (Wildman–Crippen LogP) is 1.45. The van der Waals surface area contributed by atoms with Gasteiger partial charge in [-0.05, 0) is 24.8 Å². The van der Waals surface area contributed by atoms with E-state index in [0.29, 0.717) is 12.0 Å². The standard InChI is InChI=1S/C30H38O12/c1-13(31)40-19-11-30(37)28(4)18-10-27(3,24(28)22(34)26(35)38-5)25(41-14(2)32)16(18)9-29(30,36)17-8-20(33)42-23(21(17)19)15-6-7-39-12-15/h6-7,12,16-19,21-25,34,36-37H,8-11H2,1-5H3/t16-,17?,18+,19-,21?,22+,23-,24-,25+,27+,28-,29-,30-/m0/s1. The van der Waals surface area contributed by atoms with Gasteiger partial charge in [0.1, 0.15) is 23.9 Å². The maximum Gasteiger partial charge on any atom is 0.335 e. The number of carbonyl (C=O) groups excluding carboxylic acids is 4. The first-order valence-electron chi connectivity index (χ1n) is 14.4. The SMILES string of the molecule is COC(=O)[C@H](O)[C@H]1[C@@]2(C)C[C@@H]3[C@H](C[C@]4(O)C5CC(=O)O[C@@H](c6ccoc6)C5[C@@H](OC(C)=O)C[C@]4(O)[C@@]31C)[C@H]2OC(C)=O. The van der Waals surface area contributed by atoms with Crippen molar-refractivity contribution in [3.63, 3.8) is 0 Å². The van der Waals surface area contributed by atoms with Gasteiger partial charge in [-0.2, -0.15) is 0 Å².